The number of carbonyl (C=O) groups excluding carboxylic acids is 1. The van der Waals surface area contributed by atoms with E-state index in [4.69, 9.17) is 5.73 Å². The molecule has 1 amide bonds. The average Bonchev–Trinajstić information content (AvgIpc) is 2.23. The van der Waals surface area contributed by atoms with Gasteiger partial charge in [-0.2, -0.15) is 0 Å². The van der Waals surface area contributed by atoms with Crippen LogP contribution in [0.1, 0.15) is 37.9 Å². The number of hydrogen-bond donors (Lipinski definition) is 2. The van der Waals surface area contributed by atoms with Crippen LogP contribution in [0.3, 0.4) is 0 Å². The Bertz CT molecular complexity index is 399. The predicted octanol–water partition coefficient (Wildman–Crippen LogP) is 2.58. The first-order chi connectivity index (χ1) is 7.84. The molecule has 1 aromatic rings. The number of hydrogen-bond acceptors (Lipinski definition) is 2. The van der Waals surface area contributed by atoms with Crippen molar-refractivity contribution < 1.29 is 4.79 Å². The maximum absolute atomic E-state index is 11.5. The fourth-order valence-corrected chi connectivity index (χ4v) is 1.87. The molecule has 0 bridgehead atoms. The maximum atomic E-state index is 11.5. The second kappa shape index (κ2) is 6.76. The fraction of sp³-hybridized carbons (Fsp3) is 0.500. The molecule has 3 N–H and O–H groups in total. The molecule has 1 rings (SSSR count). The van der Waals surface area contributed by atoms with Crippen LogP contribution in [0.4, 0.5) is 0 Å². The smallest absolute Gasteiger partial charge is 0.234 e. The van der Waals surface area contributed by atoms with E-state index in [1.807, 2.05) is 25.1 Å². The number of rotatable bonds is 3. The van der Waals surface area contributed by atoms with Crippen molar-refractivity contribution in [1.29, 1.82) is 0 Å². The normalized spacial score (nSPS) is 12.5. The summed E-state index contributed by atoms with van der Waals surface area (Å²) in [5.41, 5.74) is 7.63. The summed E-state index contributed by atoms with van der Waals surface area (Å²) >= 11 is 0. The van der Waals surface area contributed by atoms with Gasteiger partial charge in [-0.25, -0.2) is 0 Å². The van der Waals surface area contributed by atoms with Gasteiger partial charge in [0.05, 0.1) is 12.6 Å². The number of benzene rings is 1. The summed E-state index contributed by atoms with van der Waals surface area (Å²) < 4.78 is 0. The first kappa shape index (κ1) is 16.9. The number of amides is 1. The molecule has 3 nitrogen and oxygen atoms in total. The third kappa shape index (κ3) is 4.67. The molecule has 102 valence electrons. The average molecular weight is 271 g/mol. The van der Waals surface area contributed by atoms with E-state index in [0.29, 0.717) is 0 Å². The quantitative estimate of drug-likeness (QED) is 0.887. The molecule has 0 aliphatic rings. The lowest BCUT2D eigenvalue weighted by Crippen LogP contribution is -2.39. The zero-order valence-electron chi connectivity index (χ0n) is 11.5. The largest absolute Gasteiger partial charge is 0.348 e. The molecule has 0 heterocycles. The minimum atomic E-state index is -0.119. The van der Waals surface area contributed by atoms with Crippen LogP contribution >= 0.6 is 12.4 Å². The maximum Gasteiger partial charge on any atom is 0.234 e. The van der Waals surface area contributed by atoms with Gasteiger partial charge in [0.15, 0.2) is 0 Å². The summed E-state index contributed by atoms with van der Waals surface area (Å²) in [6.45, 7) is 8.40. The molecule has 18 heavy (non-hydrogen) atoms. The molecular formula is C14H23ClN2O. The van der Waals surface area contributed by atoms with Crippen LogP contribution in [0.2, 0.25) is 0 Å². The molecule has 0 saturated heterocycles. The second-order valence-corrected chi connectivity index (χ2v) is 5.48. The first-order valence-electron chi connectivity index (χ1n) is 5.90. The summed E-state index contributed by atoms with van der Waals surface area (Å²) in [5.74, 6) is -0.119. The summed E-state index contributed by atoms with van der Waals surface area (Å²) in [5, 5.41) is 2.99. The van der Waals surface area contributed by atoms with Gasteiger partial charge in [-0.05, 0) is 17.9 Å². The van der Waals surface area contributed by atoms with Crippen molar-refractivity contribution in [3.05, 3.63) is 35.4 Å². The van der Waals surface area contributed by atoms with E-state index in [2.05, 4.69) is 32.2 Å². The fourth-order valence-electron chi connectivity index (χ4n) is 1.87. The van der Waals surface area contributed by atoms with Crippen LogP contribution in [0.15, 0.2) is 24.3 Å². The monoisotopic (exact) mass is 270 g/mol. The topological polar surface area (TPSA) is 55.1 Å². The molecule has 1 atom stereocenters. The third-order valence-corrected chi connectivity index (χ3v) is 2.73. The highest BCUT2D eigenvalue weighted by molar-refractivity contribution is 5.85. The predicted molar refractivity (Wildman–Crippen MR) is 77.8 cm³/mol. The van der Waals surface area contributed by atoms with Gasteiger partial charge in [-0.3, -0.25) is 4.79 Å². The van der Waals surface area contributed by atoms with Gasteiger partial charge in [-0.1, -0.05) is 50.6 Å². The van der Waals surface area contributed by atoms with Crippen molar-refractivity contribution in [3.63, 3.8) is 0 Å². The van der Waals surface area contributed by atoms with E-state index in [0.717, 1.165) is 5.56 Å². The summed E-state index contributed by atoms with van der Waals surface area (Å²) in [6.07, 6.45) is 0. The molecule has 1 unspecified atom stereocenters. The van der Waals surface area contributed by atoms with Crippen LogP contribution < -0.4 is 11.1 Å². The molecule has 0 radical (unpaired) electrons. The van der Waals surface area contributed by atoms with E-state index in [1.165, 1.54) is 5.56 Å². The Morgan fingerprint density at radius 2 is 2.00 bits per heavy atom. The van der Waals surface area contributed by atoms with E-state index in [9.17, 15) is 4.79 Å². The van der Waals surface area contributed by atoms with E-state index < -0.39 is 0 Å². The molecule has 0 aliphatic heterocycles. The van der Waals surface area contributed by atoms with Crippen molar-refractivity contribution in [2.45, 2.75) is 33.7 Å². The highest BCUT2D eigenvalue weighted by Gasteiger charge is 2.27. The highest BCUT2D eigenvalue weighted by atomic mass is 35.5. The molecule has 0 aliphatic carbocycles. The molecule has 4 heteroatoms. The Hall–Kier alpha value is -1.06. The zero-order chi connectivity index (χ0) is 13.1. The molecule has 0 aromatic heterocycles. The van der Waals surface area contributed by atoms with Gasteiger partial charge >= 0.3 is 0 Å². The Balaban J connectivity index is 0.00000289. The zero-order valence-corrected chi connectivity index (χ0v) is 12.3. The van der Waals surface area contributed by atoms with Crippen LogP contribution in [0.25, 0.3) is 0 Å². The lowest BCUT2D eigenvalue weighted by atomic mass is 9.82. The van der Waals surface area contributed by atoms with Crippen LogP contribution in [-0.4, -0.2) is 12.5 Å². The van der Waals surface area contributed by atoms with E-state index in [-0.39, 0.29) is 36.3 Å². The molecule has 0 saturated carbocycles. The van der Waals surface area contributed by atoms with Gasteiger partial charge < -0.3 is 11.1 Å². The minimum Gasteiger partial charge on any atom is -0.348 e. The highest BCUT2D eigenvalue weighted by Crippen LogP contribution is 2.32. The van der Waals surface area contributed by atoms with Gasteiger partial charge in [0.2, 0.25) is 5.91 Å². The summed E-state index contributed by atoms with van der Waals surface area (Å²) in [6, 6.07) is 8.19. The van der Waals surface area contributed by atoms with Crippen LogP contribution in [-0.2, 0) is 4.79 Å². The van der Waals surface area contributed by atoms with E-state index >= 15 is 0 Å². The summed E-state index contributed by atoms with van der Waals surface area (Å²) in [4.78, 5) is 11.5. The van der Waals surface area contributed by atoms with Gasteiger partial charge in [0, 0.05) is 0 Å². The number of nitrogens with two attached hydrogens (primary N) is 1. The summed E-state index contributed by atoms with van der Waals surface area (Å²) in [7, 11) is 0. The first-order valence-corrected chi connectivity index (χ1v) is 5.90. The molecule has 0 spiro atoms. The van der Waals surface area contributed by atoms with Crippen LogP contribution in [0.5, 0.6) is 0 Å². The van der Waals surface area contributed by atoms with Gasteiger partial charge in [0.1, 0.15) is 0 Å². The molecule has 0 fully saturated rings. The Morgan fingerprint density at radius 3 is 2.44 bits per heavy atom. The Morgan fingerprint density at radius 1 is 1.39 bits per heavy atom. The lowest BCUT2D eigenvalue weighted by Gasteiger charge is -2.32. The Labute approximate surface area is 116 Å². The number of aryl methyl sites for hydroxylation is 1. The number of carbonyl (C=O) groups is 1. The molecular weight excluding hydrogens is 248 g/mol. The molecule has 1 aromatic carbocycles. The van der Waals surface area contributed by atoms with Crippen LogP contribution in [0, 0.1) is 12.3 Å². The SMILES string of the molecule is Cc1cccc(C(NC(=O)CN)C(C)(C)C)c1.Cl. The van der Waals surface area contributed by atoms with E-state index in [1.54, 1.807) is 0 Å². The number of halogens is 1. The van der Waals surface area contributed by atoms with Crippen molar-refractivity contribution in [2.75, 3.05) is 6.54 Å². The standard InChI is InChI=1S/C14H22N2O.ClH/c1-10-6-5-7-11(8-10)13(14(2,3)4)16-12(17)9-15;/h5-8,13H,9,15H2,1-4H3,(H,16,17);1H. The minimum absolute atomic E-state index is 0. The van der Waals surface area contributed by atoms with Crippen molar-refractivity contribution in [2.24, 2.45) is 11.1 Å². The van der Waals surface area contributed by atoms with Gasteiger partial charge in [0.25, 0.3) is 0 Å². The van der Waals surface area contributed by atoms with Crippen molar-refractivity contribution >= 4 is 18.3 Å². The lowest BCUT2D eigenvalue weighted by molar-refractivity contribution is -0.121. The second-order valence-electron chi connectivity index (χ2n) is 5.48. The van der Waals surface area contributed by atoms with Crippen molar-refractivity contribution in [3.8, 4) is 0 Å². The van der Waals surface area contributed by atoms with Gasteiger partial charge in [-0.15, -0.1) is 12.4 Å². The third-order valence-electron chi connectivity index (χ3n) is 2.73. The number of nitrogens with one attached hydrogen (secondary N) is 1. The Kier molecular flexibility index (Phi) is 6.36. The van der Waals surface area contributed by atoms with Crippen molar-refractivity contribution in [1.82, 2.24) is 5.32 Å².